The van der Waals surface area contributed by atoms with Gasteiger partial charge in [0.1, 0.15) is 0 Å². The second-order valence-corrected chi connectivity index (χ2v) is 12.3. The first-order chi connectivity index (χ1) is 24.7. The van der Waals surface area contributed by atoms with Crippen LogP contribution in [0.3, 0.4) is 0 Å². The second-order valence-electron chi connectivity index (χ2n) is 12.3. The molecule has 0 saturated heterocycles. The molecule has 5 nitrogen and oxygen atoms in total. The number of rotatable bonds is 4. The number of hydrogen-bond donors (Lipinski definition) is 0. The molecular formula is C45H25N5. The third-order valence-electron chi connectivity index (χ3n) is 9.63. The van der Waals surface area contributed by atoms with E-state index in [0.29, 0.717) is 16.8 Å². The smallest absolute Gasteiger partial charge is 0.211 e. The van der Waals surface area contributed by atoms with E-state index in [4.69, 9.17) is 6.57 Å². The fourth-order valence-corrected chi connectivity index (χ4v) is 7.41. The predicted molar refractivity (Wildman–Crippen MR) is 202 cm³/mol. The van der Waals surface area contributed by atoms with E-state index < -0.39 is 0 Å². The predicted octanol–water partition coefficient (Wildman–Crippen LogP) is 11.5. The molecule has 2 heterocycles. The quantitative estimate of drug-likeness (QED) is 0.181. The zero-order valence-corrected chi connectivity index (χ0v) is 26.7. The Labute approximate surface area is 288 Å². The van der Waals surface area contributed by atoms with Crippen molar-refractivity contribution in [2.45, 2.75) is 0 Å². The molecule has 0 fully saturated rings. The molecule has 0 atom stereocenters. The minimum Gasteiger partial charge on any atom is -0.318 e. The molecule has 0 amide bonds. The lowest BCUT2D eigenvalue weighted by Crippen LogP contribution is -1.98. The molecule has 0 aliphatic heterocycles. The maximum Gasteiger partial charge on any atom is 0.211 e. The average molecular weight is 636 g/mol. The average Bonchev–Trinajstić information content (AvgIpc) is 3.70. The summed E-state index contributed by atoms with van der Waals surface area (Å²) in [6.45, 7) is 8.16. The van der Waals surface area contributed by atoms with Crippen LogP contribution in [0.25, 0.3) is 82.1 Å². The number of para-hydroxylation sites is 4. The molecule has 0 radical (unpaired) electrons. The van der Waals surface area contributed by atoms with Gasteiger partial charge < -0.3 is 9.13 Å². The van der Waals surface area contributed by atoms with E-state index in [1.54, 1.807) is 0 Å². The molecule has 0 unspecified atom stereocenters. The molecule has 9 aromatic rings. The van der Waals surface area contributed by atoms with E-state index in [9.17, 15) is 10.5 Å². The summed E-state index contributed by atoms with van der Waals surface area (Å²) < 4.78 is 4.41. The van der Waals surface area contributed by atoms with Gasteiger partial charge in [0, 0.05) is 32.8 Å². The van der Waals surface area contributed by atoms with Crippen LogP contribution in [0.1, 0.15) is 11.1 Å². The molecule has 0 aliphatic rings. The van der Waals surface area contributed by atoms with E-state index in [-0.39, 0.29) is 0 Å². The van der Waals surface area contributed by atoms with E-state index >= 15 is 0 Å². The van der Waals surface area contributed by atoms with Crippen LogP contribution in [0.15, 0.2) is 152 Å². The van der Waals surface area contributed by atoms with Crippen LogP contribution in [0.2, 0.25) is 0 Å². The van der Waals surface area contributed by atoms with Crippen LogP contribution in [-0.2, 0) is 0 Å². The van der Waals surface area contributed by atoms with Gasteiger partial charge in [0.2, 0.25) is 5.69 Å². The molecule has 0 aliphatic carbocycles. The van der Waals surface area contributed by atoms with E-state index in [2.05, 4.69) is 98.9 Å². The standard InChI is InChI=1S/C45H25N5/c1-48-40-13-8-12-34(45(40)50-42-15-6-2-9-35(42)36-10-3-7-16-43(36)50)31-18-19-32(28-47)38(26-31)30-20-22-33(23-21-30)49-41-14-5-4-11-37(41)39-25-29(27-46)17-24-44(39)49/h2-26H. The maximum absolute atomic E-state index is 10.2. The highest BCUT2D eigenvalue weighted by molar-refractivity contribution is 6.11. The van der Waals surface area contributed by atoms with Gasteiger partial charge in [-0.1, -0.05) is 91.0 Å². The van der Waals surface area contributed by atoms with Gasteiger partial charge in [-0.2, -0.15) is 10.5 Å². The van der Waals surface area contributed by atoms with Crippen molar-refractivity contribution in [3.05, 3.63) is 174 Å². The summed E-state index contributed by atoms with van der Waals surface area (Å²) in [6, 6.07) is 55.4. The molecule has 7 aromatic carbocycles. The van der Waals surface area contributed by atoms with Gasteiger partial charge in [0.15, 0.2) is 0 Å². The van der Waals surface area contributed by atoms with E-state index in [1.165, 1.54) is 0 Å². The summed E-state index contributed by atoms with van der Waals surface area (Å²) in [5, 5.41) is 24.1. The Morgan fingerprint density at radius 3 is 1.72 bits per heavy atom. The lowest BCUT2D eigenvalue weighted by atomic mass is 9.93. The summed E-state index contributed by atoms with van der Waals surface area (Å²) in [7, 11) is 0. The van der Waals surface area contributed by atoms with Gasteiger partial charge in [-0.25, -0.2) is 4.85 Å². The van der Waals surface area contributed by atoms with Gasteiger partial charge in [0.25, 0.3) is 0 Å². The Kier molecular flexibility index (Phi) is 6.56. The Morgan fingerprint density at radius 2 is 1.08 bits per heavy atom. The summed E-state index contributed by atoms with van der Waals surface area (Å²) in [6.07, 6.45) is 0. The van der Waals surface area contributed by atoms with Gasteiger partial charge in [-0.15, -0.1) is 0 Å². The molecular weight excluding hydrogens is 611 g/mol. The zero-order chi connectivity index (χ0) is 33.8. The number of nitriles is 2. The molecule has 2 aromatic heterocycles. The van der Waals surface area contributed by atoms with Crippen molar-refractivity contribution in [2.75, 3.05) is 0 Å². The second kappa shape index (κ2) is 11.4. The minimum absolute atomic E-state index is 0.553. The van der Waals surface area contributed by atoms with Crippen molar-refractivity contribution in [1.29, 1.82) is 10.5 Å². The topological polar surface area (TPSA) is 61.8 Å². The highest BCUT2D eigenvalue weighted by Crippen LogP contribution is 2.42. The summed E-state index contributed by atoms with van der Waals surface area (Å²) >= 11 is 0. The highest BCUT2D eigenvalue weighted by Gasteiger charge is 2.20. The molecule has 0 bridgehead atoms. The first-order valence-corrected chi connectivity index (χ1v) is 16.3. The SMILES string of the molecule is [C-]#[N+]c1cccc(-c2ccc(C#N)c(-c3ccc(-n4c5ccccc5c5cc(C#N)ccc54)cc3)c2)c1-n1c2ccccc2c2ccccc21. The molecule has 0 N–H and O–H groups in total. The summed E-state index contributed by atoms with van der Waals surface area (Å²) in [4.78, 5) is 3.99. The first kappa shape index (κ1) is 28.8. The van der Waals surface area contributed by atoms with Crippen molar-refractivity contribution < 1.29 is 0 Å². The molecule has 9 rings (SSSR count). The summed E-state index contributed by atoms with van der Waals surface area (Å²) in [5.74, 6) is 0. The minimum atomic E-state index is 0.553. The van der Waals surface area contributed by atoms with Crippen LogP contribution in [-0.4, -0.2) is 9.13 Å². The molecule has 50 heavy (non-hydrogen) atoms. The third kappa shape index (κ3) is 4.31. The van der Waals surface area contributed by atoms with Crippen LogP contribution in [0, 0.1) is 29.2 Å². The monoisotopic (exact) mass is 635 g/mol. The van der Waals surface area contributed by atoms with Crippen LogP contribution in [0.4, 0.5) is 5.69 Å². The highest BCUT2D eigenvalue weighted by atomic mass is 15.0. The fourth-order valence-electron chi connectivity index (χ4n) is 7.41. The Balaban J connectivity index is 1.21. The zero-order valence-electron chi connectivity index (χ0n) is 26.7. The Bertz CT molecular complexity index is 2900. The van der Waals surface area contributed by atoms with Crippen molar-refractivity contribution >= 4 is 49.3 Å². The van der Waals surface area contributed by atoms with Gasteiger partial charge in [0.05, 0.1) is 57.6 Å². The van der Waals surface area contributed by atoms with Gasteiger partial charge >= 0.3 is 0 Å². The number of fused-ring (bicyclic) bond motifs is 6. The third-order valence-corrected chi connectivity index (χ3v) is 9.63. The van der Waals surface area contributed by atoms with Gasteiger partial charge in [-0.05, 0) is 77.4 Å². The maximum atomic E-state index is 10.2. The Hall–Kier alpha value is -7.39. The van der Waals surface area contributed by atoms with Crippen molar-refractivity contribution in [1.82, 2.24) is 9.13 Å². The van der Waals surface area contributed by atoms with E-state index in [1.807, 2.05) is 78.9 Å². The van der Waals surface area contributed by atoms with Crippen LogP contribution < -0.4 is 0 Å². The van der Waals surface area contributed by atoms with Crippen LogP contribution in [0.5, 0.6) is 0 Å². The Morgan fingerprint density at radius 1 is 0.480 bits per heavy atom. The fraction of sp³-hybridized carbons (Fsp3) is 0. The van der Waals surface area contributed by atoms with Crippen LogP contribution >= 0.6 is 0 Å². The number of hydrogen-bond acceptors (Lipinski definition) is 2. The van der Waals surface area contributed by atoms with Crippen molar-refractivity contribution in [2.24, 2.45) is 0 Å². The lowest BCUT2D eigenvalue weighted by molar-refractivity contribution is 1.18. The number of benzene rings is 7. The lowest BCUT2D eigenvalue weighted by Gasteiger charge is -2.17. The molecule has 0 spiro atoms. The number of nitrogens with zero attached hydrogens (tertiary/aromatic N) is 5. The molecule has 230 valence electrons. The normalized spacial score (nSPS) is 11.1. The summed E-state index contributed by atoms with van der Waals surface area (Å²) in [5.41, 5.74) is 11.3. The van der Waals surface area contributed by atoms with Crippen molar-refractivity contribution in [3.63, 3.8) is 0 Å². The molecule has 0 saturated carbocycles. The number of aromatic nitrogens is 2. The largest absolute Gasteiger partial charge is 0.318 e. The van der Waals surface area contributed by atoms with Crippen molar-refractivity contribution in [3.8, 4) is 45.8 Å². The molecule has 5 heteroatoms. The van der Waals surface area contributed by atoms with E-state index in [0.717, 1.165) is 77.2 Å². The van der Waals surface area contributed by atoms with Gasteiger partial charge in [-0.3, -0.25) is 0 Å². The first-order valence-electron chi connectivity index (χ1n) is 16.3.